The van der Waals surface area contributed by atoms with Gasteiger partial charge in [0.2, 0.25) is 0 Å². The van der Waals surface area contributed by atoms with E-state index in [1.165, 1.54) is 0 Å². The molecule has 50 valence electrons. The van der Waals surface area contributed by atoms with Gasteiger partial charge in [-0.15, -0.1) is 5.92 Å². The number of hydrogen-bond donors (Lipinski definition) is 0. The topological polar surface area (TPSA) is 12.9 Å². The molecule has 0 aliphatic rings. The molecule has 0 atom stereocenters. The Hall–Kier alpha value is -0.560. The molecular formula is C8H6IN. The van der Waals surface area contributed by atoms with Crippen molar-refractivity contribution in [2.45, 2.75) is 6.92 Å². The normalized spacial score (nSPS) is 8.20. The lowest BCUT2D eigenvalue weighted by Gasteiger charge is -1.88. The Morgan fingerprint density at radius 3 is 2.90 bits per heavy atom. The maximum atomic E-state index is 3.99. The summed E-state index contributed by atoms with van der Waals surface area (Å²) < 4.78 is 1.12. The summed E-state index contributed by atoms with van der Waals surface area (Å²) in [5.41, 5.74) is 0.981. The van der Waals surface area contributed by atoms with Gasteiger partial charge in [-0.1, -0.05) is 5.92 Å². The highest BCUT2D eigenvalue weighted by atomic mass is 127. The molecule has 0 aliphatic carbocycles. The zero-order chi connectivity index (χ0) is 7.40. The quantitative estimate of drug-likeness (QED) is 0.502. The van der Waals surface area contributed by atoms with Gasteiger partial charge in [0.25, 0.3) is 0 Å². The minimum atomic E-state index is 0.981. The number of hydrogen-bond acceptors (Lipinski definition) is 1. The van der Waals surface area contributed by atoms with Crippen LogP contribution in [0.15, 0.2) is 18.5 Å². The Labute approximate surface area is 74.0 Å². The molecule has 0 radical (unpaired) electrons. The van der Waals surface area contributed by atoms with Crippen molar-refractivity contribution >= 4 is 22.6 Å². The van der Waals surface area contributed by atoms with Crippen LogP contribution in [0.5, 0.6) is 0 Å². The molecular weight excluding hydrogens is 237 g/mol. The molecule has 0 N–H and O–H groups in total. The third kappa shape index (κ3) is 1.99. The van der Waals surface area contributed by atoms with Crippen molar-refractivity contribution in [3.63, 3.8) is 0 Å². The number of halogens is 1. The van der Waals surface area contributed by atoms with Crippen molar-refractivity contribution in [1.29, 1.82) is 0 Å². The summed E-state index contributed by atoms with van der Waals surface area (Å²) in [5, 5.41) is 0. The first-order chi connectivity index (χ1) is 4.83. The van der Waals surface area contributed by atoms with Gasteiger partial charge in [0.15, 0.2) is 0 Å². The van der Waals surface area contributed by atoms with Crippen molar-refractivity contribution in [3.05, 3.63) is 27.6 Å². The van der Waals surface area contributed by atoms with Crippen LogP contribution in [0.3, 0.4) is 0 Å². The van der Waals surface area contributed by atoms with E-state index in [9.17, 15) is 0 Å². The SMILES string of the molecule is CC#Cc1cncc(I)c1. The molecule has 0 amide bonds. The predicted octanol–water partition coefficient (Wildman–Crippen LogP) is 2.06. The van der Waals surface area contributed by atoms with Crippen molar-refractivity contribution in [2.24, 2.45) is 0 Å². The van der Waals surface area contributed by atoms with Crippen molar-refractivity contribution in [1.82, 2.24) is 4.98 Å². The maximum absolute atomic E-state index is 3.99. The number of pyridine rings is 1. The van der Waals surface area contributed by atoms with Gasteiger partial charge >= 0.3 is 0 Å². The fourth-order valence-corrected chi connectivity index (χ4v) is 1.12. The average molecular weight is 243 g/mol. The second-order valence-electron chi connectivity index (χ2n) is 1.77. The Morgan fingerprint density at radius 1 is 1.50 bits per heavy atom. The Kier molecular flexibility index (Phi) is 2.69. The molecule has 0 saturated carbocycles. The second kappa shape index (κ2) is 3.57. The predicted molar refractivity (Wildman–Crippen MR) is 49.5 cm³/mol. The zero-order valence-electron chi connectivity index (χ0n) is 5.56. The Balaban J connectivity index is 3.03. The lowest BCUT2D eigenvalue weighted by atomic mass is 10.3. The van der Waals surface area contributed by atoms with Crippen LogP contribution in [-0.4, -0.2) is 4.98 Å². The van der Waals surface area contributed by atoms with Gasteiger partial charge in [-0.25, -0.2) is 0 Å². The van der Waals surface area contributed by atoms with E-state index in [0.717, 1.165) is 9.13 Å². The summed E-state index contributed by atoms with van der Waals surface area (Å²) in [4.78, 5) is 3.99. The standard InChI is InChI=1S/C8H6IN/c1-2-3-7-4-8(9)6-10-5-7/h4-6H,1H3. The molecule has 2 heteroatoms. The van der Waals surface area contributed by atoms with Gasteiger partial charge < -0.3 is 0 Å². The summed E-state index contributed by atoms with van der Waals surface area (Å²) in [7, 11) is 0. The molecule has 0 fully saturated rings. The largest absolute Gasteiger partial charge is 0.262 e. The average Bonchev–Trinajstić information content (AvgIpc) is 1.88. The summed E-state index contributed by atoms with van der Waals surface area (Å²) in [6.45, 7) is 1.82. The molecule has 1 nitrogen and oxygen atoms in total. The van der Waals surface area contributed by atoms with Crippen LogP contribution in [-0.2, 0) is 0 Å². The van der Waals surface area contributed by atoms with E-state index in [2.05, 4.69) is 39.4 Å². The van der Waals surface area contributed by atoms with Gasteiger partial charge in [0, 0.05) is 21.5 Å². The Bertz CT molecular complexity index is 283. The number of aromatic nitrogens is 1. The lowest BCUT2D eigenvalue weighted by Crippen LogP contribution is -1.78. The van der Waals surface area contributed by atoms with Crippen molar-refractivity contribution < 1.29 is 0 Å². The molecule has 10 heavy (non-hydrogen) atoms. The van der Waals surface area contributed by atoms with Gasteiger partial charge in [-0.05, 0) is 35.6 Å². The van der Waals surface area contributed by atoms with E-state index in [4.69, 9.17) is 0 Å². The van der Waals surface area contributed by atoms with Gasteiger partial charge in [0.05, 0.1) is 0 Å². The van der Waals surface area contributed by atoms with Crippen LogP contribution >= 0.6 is 22.6 Å². The van der Waals surface area contributed by atoms with Crippen molar-refractivity contribution in [3.8, 4) is 11.8 Å². The number of nitrogens with zero attached hydrogens (tertiary/aromatic N) is 1. The third-order valence-electron chi connectivity index (χ3n) is 0.974. The van der Waals surface area contributed by atoms with Crippen LogP contribution < -0.4 is 0 Å². The van der Waals surface area contributed by atoms with Crippen molar-refractivity contribution in [2.75, 3.05) is 0 Å². The molecule has 1 heterocycles. The molecule has 1 aromatic rings. The van der Waals surface area contributed by atoms with Gasteiger partial charge in [0.1, 0.15) is 0 Å². The van der Waals surface area contributed by atoms with Crippen LogP contribution in [0.1, 0.15) is 12.5 Å². The zero-order valence-corrected chi connectivity index (χ0v) is 7.71. The lowest BCUT2D eigenvalue weighted by molar-refractivity contribution is 1.29. The van der Waals surface area contributed by atoms with E-state index >= 15 is 0 Å². The highest BCUT2D eigenvalue weighted by molar-refractivity contribution is 14.1. The third-order valence-corrected chi connectivity index (χ3v) is 1.56. The summed E-state index contributed by atoms with van der Waals surface area (Å²) in [6.07, 6.45) is 3.57. The minimum Gasteiger partial charge on any atom is -0.262 e. The fourth-order valence-electron chi connectivity index (χ4n) is 0.625. The minimum absolute atomic E-state index is 0.981. The first kappa shape index (κ1) is 7.55. The highest BCUT2D eigenvalue weighted by Crippen LogP contribution is 2.03. The molecule has 0 spiro atoms. The smallest absolute Gasteiger partial charge is 0.0439 e. The number of rotatable bonds is 0. The summed E-state index contributed by atoms with van der Waals surface area (Å²) in [6, 6.07) is 2.00. The van der Waals surface area contributed by atoms with Crippen LogP contribution in [0, 0.1) is 15.4 Å². The molecule has 0 bridgehead atoms. The summed E-state index contributed by atoms with van der Waals surface area (Å²) in [5.74, 6) is 5.75. The van der Waals surface area contributed by atoms with E-state index in [1.807, 2.05) is 13.0 Å². The highest BCUT2D eigenvalue weighted by Gasteiger charge is 1.87. The van der Waals surface area contributed by atoms with E-state index < -0.39 is 0 Å². The molecule has 1 rings (SSSR count). The maximum Gasteiger partial charge on any atom is 0.0439 e. The van der Waals surface area contributed by atoms with E-state index in [-0.39, 0.29) is 0 Å². The van der Waals surface area contributed by atoms with Gasteiger partial charge in [-0.2, -0.15) is 0 Å². The molecule has 0 aliphatic heterocycles. The van der Waals surface area contributed by atoms with E-state index in [0.29, 0.717) is 0 Å². The first-order valence-electron chi connectivity index (χ1n) is 2.86. The fraction of sp³-hybridized carbons (Fsp3) is 0.125. The van der Waals surface area contributed by atoms with Gasteiger partial charge in [-0.3, -0.25) is 4.98 Å². The second-order valence-corrected chi connectivity index (χ2v) is 3.01. The Morgan fingerprint density at radius 2 is 2.30 bits per heavy atom. The monoisotopic (exact) mass is 243 g/mol. The molecule has 1 aromatic heterocycles. The molecule has 0 aromatic carbocycles. The van der Waals surface area contributed by atoms with Crippen LogP contribution in [0.25, 0.3) is 0 Å². The first-order valence-corrected chi connectivity index (χ1v) is 3.94. The van der Waals surface area contributed by atoms with E-state index in [1.54, 1.807) is 12.4 Å². The van der Waals surface area contributed by atoms with Crippen LogP contribution in [0.4, 0.5) is 0 Å². The van der Waals surface area contributed by atoms with Crippen LogP contribution in [0.2, 0.25) is 0 Å². The summed E-state index contributed by atoms with van der Waals surface area (Å²) >= 11 is 2.21. The molecule has 0 unspecified atom stereocenters. The molecule has 0 saturated heterocycles.